The van der Waals surface area contributed by atoms with Gasteiger partial charge < -0.3 is 20.1 Å². The van der Waals surface area contributed by atoms with E-state index in [0.29, 0.717) is 18.6 Å². The molecule has 0 aromatic heterocycles. The molecule has 36 heavy (non-hydrogen) atoms. The molecular formula is C30H46O6. The Morgan fingerprint density at radius 2 is 1.81 bits per heavy atom. The van der Waals surface area contributed by atoms with Gasteiger partial charge in [-0.15, -0.1) is 0 Å². The van der Waals surface area contributed by atoms with Crippen molar-refractivity contribution in [1.29, 1.82) is 0 Å². The minimum absolute atomic E-state index is 0.0400. The van der Waals surface area contributed by atoms with E-state index in [9.17, 15) is 24.9 Å². The van der Waals surface area contributed by atoms with Crippen LogP contribution in [0.4, 0.5) is 0 Å². The van der Waals surface area contributed by atoms with Gasteiger partial charge in [-0.2, -0.15) is 0 Å². The minimum Gasteiger partial charge on any atom is -0.478 e. The van der Waals surface area contributed by atoms with E-state index in [-0.39, 0.29) is 51.3 Å². The number of Topliss-reactive ketones (excluding diaryl/α,β-unsaturated/α-hetero) is 1. The summed E-state index contributed by atoms with van der Waals surface area (Å²) in [5, 5.41) is 30.9. The Morgan fingerprint density at radius 1 is 1.14 bits per heavy atom. The van der Waals surface area contributed by atoms with Crippen molar-refractivity contribution in [3.63, 3.8) is 0 Å². The summed E-state index contributed by atoms with van der Waals surface area (Å²) in [6.07, 6.45) is 6.39. The second-order valence-electron chi connectivity index (χ2n) is 14.4. The molecule has 1 heterocycles. The molecule has 10 atom stereocenters. The maximum atomic E-state index is 14.2. The first kappa shape index (κ1) is 26.4. The number of aliphatic hydroxyl groups excluding tert-OH is 2. The molecule has 4 saturated carbocycles. The number of carbonyl (C=O) groups excluding carboxylic acids is 1. The molecule has 6 heteroatoms. The summed E-state index contributed by atoms with van der Waals surface area (Å²) in [6.45, 7) is 15.1. The molecule has 2 spiro atoms. The lowest BCUT2D eigenvalue weighted by Crippen LogP contribution is -2.67. The van der Waals surface area contributed by atoms with Crippen molar-refractivity contribution in [2.24, 2.45) is 38.9 Å². The predicted molar refractivity (Wildman–Crippen MR) is 136 cm³/mol. The fraction of sp³-hybridized carbons (Fsp3) is 0.867. The molecule has 4 aliphatic carbocycles. The van der Waals surface area contributed by atoms with Crippen molar-refractivity contribution < 1.29 is 29.6 Å². The molecule has 5 rings (SSSR count). The van der Waals surface area contributed by atoms with Crippen LogP contribution >= 0.6 is 0 Å². The molecule has 0 radical (unpaired) electrons. The van der Waals surface area contributed by atoms with Gasteiger partial charge >= 0.3 is 5.97 Å². The smallest absolute Gasteiger partial charge is 0.331 e. The van der Waals surface area contributed by atoms with Crippen LogP contribution < -0.4 is 0 Å². The van der Waals surface area contributed by atoms with Crippen molar-refractivity contribution >= 4 is 11.8 Å². The van der Waals surface area contributed by atoms with Gasteiger partial charge in [0.05, 0.1) is 23.7 Å². The van der Waals surface area contributed by atoms with E-state index in [0.717, 1.165) is 38.5 Å². The normalized spacial score (nSPS) is 50.9. The molecule has 0 amide bonds. The molecule has 0 bridgehead atoms. The van der Waals surface area contributed by atoms with E-state index in [1.807, 2.05) is 0 Å². The van der Waals surface area contributed by atoms with E-state index >= 15 is 0 Å². The lowest BCUT2D eigenvalue weighted by atomic mass is 9.40. The lowest BCUT2D eigenvalue weighted by molar-refractivity contribution is -0.197. The molecule has 202 valence electrons. The van der Waals surface area contributed by atoms with Crippen LogP contribution in [0.25, 0.3) is 0 Å². The third-order valence-corrected chi connectivity index (χ3v) is 13.1. The summed E-state index contributed by atoms with van der Waals surface area (Å²) in [5.41, 5.74) is -1.67. The highest BCUT2D eigenvalue weighted by molar-refractivity contribution is 5.90. The van der Waals surface area contributed by atoms with E-state index in [1.54, 1.807) is 0 Å². The minimum atomic E-state index is -1.01. The number of aliphatic hydroxyl groups is 2. The van der Waals surface area contributed by atoms with Crippen molar-refractivity contribution in [2.45, 2.75) is 124 Å². The second kappa shape index (κ2) is 7.66. The number of rotatable bonds is 5. The van der Waals surface area contributed by atoms with Crippen LogP contribution in [0.1, 0.15) is 99.8 Å². The van der Waals surface area contributed by atoms with Gasteiger partial charge in [-0.05, 0) is 86.0 Å². The fourth-order valence-corrected chi connectivity index (χ4v) is 10.7. The Bertz CT molecular complexity index is 1020. The summed E-state index contributed by atoms with van der Waals surface area (Å²) in [4.78, 5) is 25.5. The highest BCUT2D eigenvalue weighted by atomic mass is 16.6. The van der Waals surface area contributed by atoms with Crippen molar-refractivity contribution in [3.8, 4) is 0 Å². The van der Waals surface area contributed by atoms with Gasteiger partial charge in [-0.3, -0.25) is 4.79 Å². The van der Waals surface area contributed by atoms with Crippen LogP contribution in [0.2, 0.25) is 0 Å². The molecule has 6 nitrogen and oxygen atoms in total. The summed E-state index contributed by atoms with van der Waals surface area (Å²) in [7, 11) is 0. The third-order valence-electron chi connectivity index (χ3n) is 13.1. The highest BCUT2D eigenvalue weighted by Gasteiger charge is 2.91. The van der Waals surface area contributed by atoms with Gasteiger partial charge in [0.1, 0.15) is 11.4 Å². The zero-order valence-electron chi connectivity index (χ0n) is 23.2. The number of carbonyl (C=O) groups is 2. The quantitative estimate of drug-likeness (QED) is 0.364. The molecule has 5 aliphatic rings. The monoisotopic (exact) mass is 502 g/mol. The second-order valence-corrected chi connectivity index (χ2v) is 14.4. The molecular weight excluding hydrogens is 456 g/mol. The molecule has 5 fully saturated rings. The molecule has 1 aliphatic heterocycles. The summed E-state index contributed by atoms with van der Waals surface area (Å²) >= 11 is 0. The Kier molecular flexibility index (Phi) is 5.61. The van der Waals surface area contributed by atoms with Crippen LogP contribution in [0, 0.1) is 38.9 Å². The maximum absolute atomic E-state index is 14.2. The van der Waals surface area contributed by atoms with Crippen LogP contribution in [0.3, 0.4) is 0 Å². The van der Waals surface area contributed by atoms with Crippen LogP contribution in [0.15, 0.2) is 11.6 Å². The van der Waals surface area contributed by atoms with E-state index in [1.165, 1.54) is 13.0 Å². The number of carboxylic acid groups (broad SMARTS) is 1. The van der Waals surface area contributed by atoms with Gasteiger partial charge in [-0.1, -0.05) is 41.5 Å². The SMILES string of the molecule is CC(=CC(O)CC(C)C1(C)CC2OC23C1(C)CCC(=O)C31CCC2C(C)(C)C(O)CCC21C)C(=O)O. The fourth-order valence-electron chi connectivity index (χ4n) is 10.7. The Morgan fingerprint density at radius 3 is 2.44 bits per heavy atom. The molecule has 3 N–H and O–H groups in total. The molecule has 0 aromatic rings. The zero-order valence-corrected chi connectivity index (χ0v) is 23.2. The summed E-state index contributed by atoms with van der Waals surface area (Å²) < 4.78 is 6.78. The maximum Gasteiger partial charge on any atom is 0.331 e. The first-order valence-corrected chi connectivity index (χ1v) is 14.0. The number of ether oxygens (including phenoxy) is 1. The average Bonchev–Trinajstić information content (AvgIpc) is 3.34. The van der Waals surface area contributed by atoms with Crippen molar-refractivity contribution in [1.82, 2.24) is 0 Å². The largest absolute Gasteiger partial charge is 0.478 e. The van der Waals surface area contributed by atoms with E-state index in [2.05, 4.69) is 41.5 Å². The summed E-state index contributed by atoms with van der Waals surface area (Å²) in [6, 6.07) is 0. The Labute approximate surface area is 215 Å². The van der Waals surface area contributed by atoms with Gasteiger partial charge in [0.15, 0.2) is 0 Å². The number of aliphatic carboxylic acids is 1. The van der Waals surface area contributed by atoms with E-state index in [4.69, 9.17) is 4.74 Å². The van der Waals surface area contributed by atoms with Gasteiger partial charge in [-0.25, -0.2) is 4.79 Å². The first-order valence-electron chi connectivity index (χ1n) is 14.0. The zero-order chi connectivity index (χ0) is 26.7. The van der Waals surface area contributed by atoms with Crippen molar-refractivity contribution in [2.75, 3.05) is 0 Å². The van der Waals surface area contributed by atoms with Gasteiger partial charge in [0.2, 0.25) is 0 Å². The van der Waals surface area contributed by atoms with Crippen molar-refractivity contribution in [3.05, 3.63) is 11.6 Å². The number of hydrogen-bond acceptors (Lipinski definition) is 5. The number of hydrogen-bond donors (Lipinski definition) is 3. The standard InChI is InChI=1S/C30H46O6/c1-17(24(34)35)14-19(31)15-18(2)27(6)16-23-30(36-23)28(27,7)12-10-22(33)29(30)13-8-20-25(3,4)21(32)9-11-26(20,29)5/h14,18-21,23,31-32H,8-13,15-16H2,1-7H3,(H,34,35). The lowest BCUT2D eigenvalue weighted by Gasteiger charge is -2.63. The average molecular weight is 503 g/mol. The first-order chi connectivity index (χ1) is 16.5. The van der Waals surface area contributed by atoms with E-state index < -0.39 is 23.1 Å². The molecule has 0 aromatic carbocycles. The Balaban J connectivity index is 1.53. The molecule has 10 unspecified atom stereocenters. The topological polar surface area (TPSA) is 107 Å². The van der Waals surface area contributed by atoms with Crippen LogP contribution in [-0.4, -0.2) is 51.0 Å². The van der Waals surface area contributed by atoms with Crippen LogP contribution in [0.5, 0.6) is 0 Å². The highest BCUT2D eigenvalue weighted by Crippen LogP contribution is 2.86. The number of carboxylic acids is 1. The van der Waals surface area contributed by atoms with Gasteiger partial charge in [0, 0.05) is 17.4 Å². The number of fused-ring (bicyclic) bond motifs is 2. The number of epoxide rings is 1. The van der Waals surface area contributed by atoms with Gasteiger partial charge in [0.25, 0.3) is 0 Å². The molecule has 1 saturated heterocycles. The van der Waals surface area contributed by atoms with Crippen LogP contribution in [-0.2, 0) is 14.3 Å². The third kappa shape index (κ3) is 2.79. The Hall–Kier alpha value is -1.24. The predicted octanol–water partition coefficient (Wildman–Crippen LogP) is 4.90. The summed E-state index contributed by atoms with van der Waals surface area (Å²) in [5.74, 6) is -0.235. The number of ketones is 1.